The van der Waals surface area contributed by atoms with Crippen LogP contribution in [0.5, 0.6) is 0 Å². The van der Waals surface area contributed by atoms with Crippen molar-refractivity contribution in [2.45, 2.75) is 78.8 Å². The Morgan fingerprint density at radius 1 is 1.02 bits per heavy atom. The van der Waals surface area contributed by atoms with Crippen molar-refractivity contribution in [3.8, 4) is 11.6 Å². The fourth-order valence-corrected chi connectivity index (χ4v) is 4.39. The molecule has 4 aromatic rings. The van der Waals surface area contributed by atoms with Gasteiger partial charge < -0.3 is 23.4 Å². The normalized spacial score (nSPS) is 15.3. The zero-order valence-corrected chi connectivity index (χ0v) is 26.4. The van der Waals surface area contributed by atoms with E-state index in [2.05, 4.69) is 20.1 Å². The molecule has 0 spiro atoms. The van der Waals surface area contributed by atoms with Gasteiger partial charge in [-0.25, -0.2) is 14.6 Å². The molecule has 4 aromatic heterocycles. The van der Waals surface area contributed by atoms with Gasteiger partial charge in [0.1, 0.15) is 17.0 Å². The first-order chi connectivity index (χ1) is 21.2. The highest BCUT2D eigenvalue weighted by Crippen LogP contribution is 2.27. The van der Waals surface area contributed by atoms with Gasteiger partial charge in [-0.3, -0.25) is 5.41 Å². The van der Waals surface area contributed by atoms with Gasteiger partial charge in [-0.15, -0.1) is 4.90 Å². The minimum absolute atomic E-state index is 0.00311. The summed E-state index contributed by atoms with van der Waals surface area (Å²) in [6.07, 6.45) is 0.190. The number of nitrogens with zero attached hydrogens (tertiary/aromatic N) is 6. The largest absolute Gasteiger partial charge is 0.458 e. The van der Waals surface area contributed by atoms with E-state index >= 15 is 0 Å². The predicted molar refractivity (Wildman–Crippen MR) is 162 cm³/mol. The van der Waals surface area contributed by atoms with Gasteiger partial charge in [0.15, 0.2) is 11.4 Å². The lowest BCUT2D eigenvalue weighted by Gasteiger charge is -2.27. The van der Waals surface area contributed by atoms with Crippen molar-refractivity contribution in [3.63, 3.8) is 0 Å². The van der Waals surface area contributed by atoms with Crippen LogP contribution in [0.15, 0.2) is 40.9 Å². The minimum Gasteiger partial charge on any atom is -0.458 e. The van der Waals surface area contributed by atoms with Crippen LogP contribution in [0.4, 0.5) is 15.5 Å². The van der Waals surface area contributed by atoms with Gasteiger partial charge in [-0.1, -0.05) is 6.07 Å². The number of aryl methyl sites for hydroxylation is 1. The van der Waals surface area contributed by atoms with Crippen molar-refractivity contribution in [1.29, 1.82) is 5.41 Å². The van der Waals surface area contributed by atoms with E-state index < -0.39 is 23.4 Å². The number of anilines is 1. The molecule has 238 valence electrons. The van der Waals surface area contributed by atoms with E-state index in [1.807, 2.05) is 6.07 Å². The fourth-order valence-electron chi connectivity index (χ4n) is 4.39. The molecule has 0 saturated carbocycles. The number of fused-ring (bicyclic) bond motifs is 1. The average molecular weight is 620 g/mol. The number of amides is 2. The number of hydrogen-bond donors (Lipinski definition) is 1. The van der Waals surface area contributed by atoms with Gasteiger partial charge in [-0.2, -0.15) is 19.6 Å². The maximum absolute atomic E-state index is 13.5. The monoisotopic (exact) mass is 619 g/mol. The van der Waals surface area contributed by atoms with E-state index in [0.29, 0.717) is 41.0 Å². The van der Waals surface area contributed by atoms with E-state index in [-0.39, 0.29) is 41.4 Å². The van der Waals surface area contributed by atoms with Crippen molar-refractivity contribution < 1.29 is 33.0 Å². The number of pyridine rings is 1. The Bertz CT molecular complexity index is 1700. The van der Waals surface area contributed by atoms with Gasteiger partial charge in [0, 0.05) is 6.61 Å². The van der Waals surface area contributed by atoms with Gasteiger partial charge in [-0.05, 0) is 79.2 Å². The summed E-state index contributed by atoms with van der Waals surface area (Å²) in [4.78, 5) is 41.2. The molecule has 1 atom stereocenters. The first kappa shape index (κ1) is 31.7. The molecule has 1 saturated heterocycles. The maximum Gasteiger partial charge on any atom is 0.427 e. The molecule has 2 amide bonds. The molecule has 0 bridgehead atoms. The summed E-state index contributed by atoms with van der Waals surface area (Å²) in [5, 5.41) is 13.5. The third-order valence-corrected chi connectivity index (χ3v) is 6.36. The molecule has 0 aliphatic carbocycles. The SMILES string of the molecule is Cc1ccc(-c2nc(N(C(=O)OC(C)(C)C)C(=O)OC(C)(C)C)nc3c(C(=N)c4cccc(COC5CCOC5)n4)cnn23)o1. The summed E-state index contributed by atoms with van der Waals surface area (Å²) in [5.41, 5.74) is -0.508. The maximum atomic E-state index is 13.5. The molecule has 14 nitrogen and oxygen atoms in total. The van der Waals surface area contributed by atoms with Crippen LogP contribution in [0.2, 0.25) is 0 Å². The average Bonchev–Trinajstić information content (AvgIpc) is 3.71. The lowest BCUT2D eigenvalue weighted by Crippen LogP contribution is -2.44. The van der Waals surface area contributed by atoms with Crippen molar-refractivity contribution in [2.24, 2.45) is 0 Å². The Labute approximate surface area is 260 Å². The van der Waals surface area contributed by atoms with Crippen LogP contribution < -0.4 is 4.90 Å². The molecular weight excluding hydrogens is 582 g/mol. The van der Waals surface area contributed by atoms with Crippen LogP contribution in [-0.2, 0) is 25.6 Å². The molecule has 14 heteroatoms. The highest BCUT2D eigenvalue weighted by Gasteiger charge is 2.36. The number of imide groups is 1. The number of nitrogens with one attached hydrogen (secondary N) is 1. The topological polar surface area (TPSA) is 167 Å². The van der Waals surface area contributed by atoms with E-state index in [1.54, 1.807) is 72.7 Å². The molecule has 5 heterocycles. The molecule has 5 rings (SSSR count). The number of aromatic nitrogens is 5. The molecular formula is C31H37N7O7. The Morgan fingerprint density at radius 2 is 1.73 bits per heavy atom. The van der Waals surface area contributed by atoms with Crippen molar-refractivity contribution in [3.05, 3.63) is 59.2 Å². The van der Waals surface area contributed by atoms with Gasteiger partial charge in [0.05, 0.1) is 48.2 Å². The van der Waals surface area contributed by atoms with E-state index in [9.17, 15) is 9.59 Å². The van der Waals surface area contributed by atoms with E-state index in [1.165, 1.54) is 10.7 Å². The van der Waals surface area contributed by atoms with Gasteiger partial charge in [0.2, 0.25) is 11.8 Å². The standard InChI is InChI=1S/C31H37N7O7/c1-18-11-12-23(43-18)26-36-27(37(28(39)44-30(2,3)4)29(40)45-31(5,6)7)35-25-21(15-33-38(25)26)24(32)22-10-8-9-19(34-22)16-42-20-13-14-41-17-20/h8-12,15,20,32H,13-14,16-17H2,1-7H3. The molecule has 0 radical (unpaired) electrons. The van der Waals surface area contributed by atoms with Crippen molar-refractivity contribution in [1.82, 2.24) is 24.6 Å². The summed E-state index contributed by atoms with van der Waals surface area (Å²) in [6.45, 7) is 13.3. The number of carbonyl (C=O) groups excluding carboxylic acids is 2. The zero-order valence-electron chi connectivity index (χ0n) is 26.4. The lowest BCUT2D eigenvalue weighted by molar-refractivity contribution is 0.0301. The van der Waals surface area contributed by atoms with Crippen LogP contribution >= 0.6 is 0 Å². The molecule has 1 aliphatic rings. The second-order valence-electron chi connectivity index (χ2n) is 12.5. The van der Waals surface area contributed by atoms with Crippen LogP contribution in [0.25, 0.3) is 17.2 Å². The van der Waals surface area contributed by atoms with Crippen LogP contribution in [-0.4, -0.2) is 73.0 Å². The first-order valence-electron chi connectivity index (χ1n) is 14.5. The number of hydrogen-bond acceptors (Lipinski definition) is 12. The second-order valence-corrected chi connectivity index (χ2v) is 12.5. The summed E-state index contributed by atoms with van der Waals surface area (Å²) >= 11 is 0. The fraction of sp³-hybridized carbons (Fsp3) is 0.452. The third-order valence-electron chi connectivity index (χ3n) is 6.36. The number of rotatable bonds is 7. The molecule has 45 heavy (non-hydrogen) atoms. The van der Waals surface area contributed by atoms with E-state index in [4.69, 9.17) is 28.8 Å². The summed E-state index contributed by atoms with van der Waals surface area (Å²) in [7, 11) is 0. The number of furan rings is 1. The Hall–Kier alpha value is -4.69. The number of carbonyl (C=O) groups is 2. The molecule has 1 fully saturated rings. The third kappa shape index (κ3) is 7.52. The lowest BCUT2D eigenvalue weighted by atomic mass is 10.1. The summed E-state index contributed by atoms with van der Waals surface area (Å²) in [6, 6.07) is 8.72. The summed E-state index contributed by atoms with van der Waals surface area (Å²) in [5.74, 6) is 0.678. The Balaban J connectivity index is 1.60. The number of ether oxygens (including phenoxy) is 4. The first-order valence-corrected chi connectivity index (χ1v) is 14.5. The Kier molecular flexibility index (Phi) is 8.72. The predicted octanol–water partition coefficient (Wildman–Crippen LogP) is 5.49. The highest BCUT2D eigenvalue weighted by atomic mass is 16.6. The van der Waals surface area contributed by atoms with Crippen molar-refractivity contribution >= 4 is 29.5 Å². The second kappa shape index (κ2) is 12.4. The molecule has 1 unspecified atom stereocenters. The van der Waals surface area contributed by atoms with Gasteiger partial charge in [0.25, 0.3) is 0 Å². The zero-order chi connectivity index (χ0) is 32.5. The molecule has 1 N–H and O–H groups in total. The van der Waals surface area contributed by atoms with Crippen LogP contribution in [0, 0.1) is 12.3 Å². The highest BCUT2D eigenvalue weighted by molar-refractivity contribution is 6.13. The van der Waals surface area contributed by atoms with Crippen LogP contribution in [0.1, 0.15) is 70.7 Å². The summed E-state index contributed by atoms with van der Waals surface area (Å²) < 4.78 is 29.6. The molecule has 0 aromatic carbocycles. The van der Waals surface area contributed by atoms with E-state index in [0.717, 1.165) is 6.42 Å². The van der Waals surface area contributed by atoms with Crippen molar-refractivity contribution in [2.75, 3.05) is 18.1 Å². The Morgan fingerprint density at radius 3 is 2.33 bits per heavy atom. The molecule has 1 aliphatic heterocycles. The smallest absolute Gasteiger partial charge is 0.427 e. The van der Waals surface area contributed by atoms with Crippen LogP contribution in [0.3, 0.4) is 0 Å². The quantitative estimate of drug-likeness (QED) is 0.260. The van der Waals surface area contributed by atoms with Gasteiger partial charge >= 0.3 is 12.2 Å². The minimum atomic E-state index is -1.04.